The normalized spacial score (nSPS) is 12.2. The molecule has 0 amide bonds. The fraction of sp³-hybridized carbons (Fsp3) is 0.500. The Balaban J connectivity index is 2.74. The number of nitrogens with zero attached hydrogens (tertiary/aromatic N) is 3. The summed E-state index contributed by atoms with van der Waals surface area (Å²) in [5.41, 5.74) is 5.40. The first-order valence-electron chi connectivity index (χ1n) is 5.11. The zero-order valence-electron chi connectivity index (χ0n) is 9.44. The van der Waals surface area contributed by atoms with Gasteiger partial charge in [-0.1, -0.05) is 6.92 Å². The lowest BCUT2D eigenvalue weighted by atomic mass is 10.1. The number of amidine groups is 1. The van der Waals surface area contributed by atoms with Crippen molar-refractivity contribution in [2.45, 2.75) is 13.8 Å². The van der Waals surface area contributed by atoms with Gasteiger partial charge < -0.3 is 10.6 Å². The molecule has 0 bridgehead atoms. The van der Waals surface area contributed by atoms with E-state index in [1.54, 1.807) is 0 Å². The average molecular weight is 225 g/mol. The van der Waals surface area contributed by atoms with Gasteiger partial charge in [0, 0.05) is 19.0 Å². The maximum atomic E-state index is 12.6. The first-order chi connectivity index (χ1) is 7.54. The van der Waals surface area contributed by atoms with Gasteiger partial charge in [0.05, 0.1) is 18.2 Å². The quantitative estimate of drug-likeness (QED) is 0.579. The molecule has 0 aliphatic heterocycles. The van der Waals surface area contributed by atoms with E-state index in [0.29, 0.717) is 19.0 Å². The van der Waals surface area contributed by atoms with Gasteiger partial charge in [0.25, 0.3) is 0 Å². The molecule has 1 unspecified atom stereocenters. The van der Waals surface area contributed by atoms with Crippen molar-refractivity contribution < 1.29 is 4.39 Å². The molecule has 0 saturated heterocycles. The highest BCUT2D eigenvalue weighted by Crippen LogP contribution is 2.09. The van der Waals surface area contributed by atoms with Crippen molar-refractivity contribution in [2.24, 2.45) is 11.7 Å². The lowest BCUT2D eigenvalue weighted by Crippen LogP contribution is -2.35. The smallest absolute Gasteiger partial charge is 0.225 e. The molecule has 0 aliphatic rings. The number of nitrogens with two attached hydrogens (primary N) is 1. The summed E-state index contributed by atoms with van der Waals surface area (Å²) in [6.07, 6.45) is 2.26. The van der Waals surface area contributed by atoms with E-state index in [1.165, 1.54) is 0 Å². The van der Waals surface area contributed by atoms with Crippen LogP contribution in [0.3, 0.4) is 0 Å². The van der Waals surface area contributed by atoms with Crippen LogP contribution in [-0.4, -0.2) is 28.9 Å². The van der Waals surface area contributed by atoms with Gasteiger partial charge in [-0.25, -0.2) is 14.4 Å². The van der Waals surface area contributed by atoms with Gasteiger partial charge >= 0.3 is 0 Å². The molecule has 6 heteroatoms. The number of hydrogen-bond acceptors (Lipinski definition) is 4. The van der Waals surface area contributed by atoms with Gasteiger partial charge in [0.15, 0.2) is 5.82 Å². The van der Waals surface area contributed by atoms with Crippen molar-refractivity contribution in [3.63, 3.8) is 0 Å². The molecular weight excluding hydrogens is 209 g/mol. The van der Waals surface area contributed by atoms with Crippen LogP contribution in [0.2, 0.25) is 0 Å². The van der Waals surface area contributed by atoms with Crippen LogP contribution in [0.1, 0.15) is 13.8 Å². The van der Waals surface area contributed by atoms with Crippen molar-refractivity contribution in [1.29, 1.82) is 5.41 Å². The van der Waals surface area contributed by atoms with Crippen LogP contribution in [0.5, 0.6) is 0 Å². The van der Waals surface area contributed by atoms with E-state index in [9.17, 15) is 4.39 Å². The summed E-state index contributed by atoms with van der Waals surface area (Å²) in [5, 5.41) is 7.32. The molecule has 3 N–H and O–H groups in total. The van der Waals surface area contributed by atoms with Crippen molar-refractivity contribution >= 4 is 11.8 Å². The summed E-state index contributed by atoms with van der Waals surface area (Å²) >= 11 is 0. The number of hydrogen-bond donors (Lipinski definition) is 2. The summed E-state index contributed by atoms with van der Waals surface area (Å²) in [5.74, 6) is 0.0468. The summed E-state index contributed by atoms with van der Waals surface area (Å²) in [6, 6.07) is 0. The van der Waals surface area contributed by atoms with E-state index in [-0.39, 0.29) is 11.8 Å². The minimum Gasteiger partial charge on any atom is -0.387 e. The molecule has 1 atom stereocenters. The number of aromatic nitrogens is 2. The SMILES string of the molecule is CCN(CC(C)C(=N)N)c1ncc(F)cn1. The summed E-state index contributed by atoms with van der Waals surface area (Å²) in [6.45, 7) is 5.04. The standard InChI is InChI=1S/C10H16FN5/c1-3-16(6-7(2)9(12)13)10-14-4-8(11)5-15-10/h4-5,7H,3,6H2,1-2H3,(H3,12,13). The minimum atomic E-state index is -0.459. The lowest BCUT2D eigenvalue weighted by molar-refractivity contribution is 0.608. The molecule has 0 saturated carbocycles. The molecule has 1 rings (SSSR count). The van der Waals surface area contributed by atoms with Gasteiger partial charge in [-0.2, -0.15) is 0 Å². The molecule has 1 heterocycles. The third kappa shape index (κ3) is 3.15. The topological polar surface area (TPSA) is 78.9 Å². The molecule has 0 radical (unpaired) electrons. The predicted octanol–water partition coefficient (Wildman–Crippen LogP) is 1.01. The number of halogens is 1. The van der Waals surface area contributed by atoms with Crippen LogP contribution in [0.25, 0.3) is 0 Å². The van der Waals surface area contributed by atoms with Gasteiger partial charge in [-0.05, 0) is 6.92 Å². The molecule has 16 heavy (non-hydrogen) atoms. The second-order valence-electron chi connectivity index (χ2n) is 3.60. The largest absolute Gasteiger partial charge is 0.387 e. The predicted molar refractivity (Wildman–Crippen MR) is 61.0 cm³/mol. The highest BCUT2D eigenvalue weighted by atomic mass is 19.1. The highest BCUT2D eigenvalue weighted by Gasteiger charge is 2.13. The first-order valence-corrected chi connectivity index (χ1v) is 5.11. The fourth-order valence-corrected chi connectivity index (χ4v) is 1.25. The van der Waals surface area contributed by atoms with E-state index < -0.39 is 5.82 Å². The van der Waals surface area contributed by atoms with E-state index in [1.807, 2.05) is 18.7 Å². The Hall–Kier alpha value is -1.72. The van der Waals surface area contributed by atoms with Crippen LogP contribution in [0.15, 0.2) is 12.4 Å². The Labute approximate surface area is 94.0 Å². The molecule has 0 aliphatic carbocycles. The van der Waals surface area contributed by atoms with Gasteiger partial charge in [0.1, 0.15) is 0 Å². The molecular formula is C10H16FN5. The summed E-state index contributed by atoms with van der Waals surface area (Å²) in [4.78, 5) is 9.63. The monoisotopic (exact) mass is 225 g/mol. The molecule has 0 fully saturated rings. The second kappa shape index (κ2) is 5.39. The van der Waals surface area contributed by atoms with E-state index in [4.69, 9.17) is 11.1 Å². The zero-order valence-corrected chi connectivity index (χ0v) is 9.44. The fourth-order valence-electron chi connectivity index (χ4n) is 1.25. The Kier molecular flexibility index (Phi) is 4.16. The second-order valence-corrected chi connectivity index (χ2v) is 3.60. The minimum absolute atomic E-state index is 0.0754. The van der Waals surface area contributed by atoms with Gasteiger partial charge in [-0.15, -0.1) is 0 Å². The Morgan fingerprint density at radius 2 is 2.12 bits per heavy atom. The summed E-state index contributed by atoms with van der Waals surface area (Å²) < 4.78 is 12.6. The van der Waals surface area contributed by atoms with Crippen molar-refractivity contribution in [3.8, 4) is 0 Å². The Morgan fingerprint density at radius 3 is 2.56 bits per heavy atom. The molecule has 0 aromatic carbocycles. The molecule has 1 aromatic heterocycles. The van der Waals surface area contributed by atoms with E-state index in [0.717, 1.165) is 12.4 Å². The molecule has 1 aromatic rings. The van der Waals surface area contributed by atoms with Crippen LogP contribution in [0, 0.1) is 17.1 Å². The Morgan fingerprint density at radius 1 is 1.56 bits per heavy atom. The lowest BCUT2D eigenvalue weighted by Gasteiger charge is -2.23. The number of rotatable bonds is 5. The van der Waals surface area contributed by atoms with Gasteiger partial charge in [0.2, 0.25) is 5.95 Å². The molecule has 0 spiro atoms. The third-order valence-electron chi connectivity index (χ3n) is 2.30. The van der Waals surface area contributed by atoms with Gasteiger partial charge in [-0.3, -0.25) is 5.41 Å². The third-order valence-corrected chi connectivity index (χ3v) is 2.30. The maximum absolute atomic E-state index is 12.6. The maximum Gasteiger partial charge on any atom is 0.225 e. The first kappa shape index (κ1) is 12.4. The van der Waals surface area contributed by atoms with Crippen LogP contribution in [-0.2, 0) is 0 Å². The Bertz CT molecular complexity index is 351. The van der Waals surface area contributed by atoms with Crippen LogP contribution < -0.4 is 10.6 Å². The molecule has 5 nitrogen and oxygen atoms in total. The number of anilines is 1. The van der Waals surface area contributed by atoms with Crippen LogP contribution >= 0.6 is 0 Å². The highest BCUT2D eigenvalue weighted by molar-refractivity contribution is 5.79. The average Bonchev–Trinajstić information content (AvgIpc) is 2.26. The van der Waals surface area contributed by atoms with E-state index in [2.05, 4.69) is 9.97 Å². The van der Waals surface area contributed by atoms with Crippen molar-refractivity contribution in [1.82, 2.24) is 9.97 Å². The zero-order chi connectivity index (χ0) is 12.1. The molecule has 88 valence electrons. The number of nitrogens with one attached hydrogen (secondary N) is 1. The van der Waals surface area contributed by atoms with E-state index >= 15 is 0 Å². The van der Waals surface area contributed by atoms with Crippen molar-refractivity contribution in [2.75, 3.05) is 18.0 Å². The van der Waals surface area contributed by atoms with Crippen molar-refractivity contribution in [3.05, 3.63) is 18.2 Å². The summed E-state index contributed by atoms with van der Waals surface area (Å²) in [7, 11) is 0. The van der Waals surface area contributed by atoms with Crippen LogP contribution in [0.4, 0.5) is 10.3 Å².